The maximum atomic E-state index is 12.8. The van der Waals surface area contributed by atoms with Crippen molar-refractivity contribution in [1.82, 2.24) is 19.2 Å². The van der Waals surface area contributed by atoms with E-state index in [4.69, 9.17) is 0 Å². The molecule has 26 heavy (non-hydrogen) atoms. The van der Waals surface area contributed by atoms with E-state index in [1.807, 2.05) is 0 Å². The van der Waals surface area contributed by atoms with Crippen LogP contribution in [0.2, 0.25) is 0 Å². The molecule has 7 nitrogen and oxygen atoms in total. The minimum absolute atomic E-state index is 0.252. The van der Waals surface area contributed by atoms with Gasteiger partial charge in [-0.15, -0.1) is 5.10 Å². The summed E-state index contributed by atoms with van der Waals surface area (Å²) in [6.07, 6.45) is -2.41. The van der Waals surface area contributed by atoms with Gasteiger partial charge in [0.25, 0.3) is 0 Å². The highest BCUT2D eigenvalue weighted by Gasteiger charge is 2.31. The van der Waals surface area contributed by atoms with E-state index < -0.39 is 27.3 Å². The summed E-state index contributed by atoms with van der Waals surface area (Å²) in [5.74, 6) is -0.532. The zero-order chi connectivity index (χ0) is 19.3. The highest BCUT2D eigenvalue weighted by Crippen LogP contribution is 2.29. The van der Waals surface area contributed by atoms with Crippen LogP contribution in [0.25, 0.3) is 11.5 Å². The lowest BCUT2D eigenvalue weighted by Crippen LogP contribution is -2.23. The van der Waals surface area contributed by atoms with E-state index in [1.54, 1.807) is 0 Å². The van der Waals surface area contributed by atoms with Crippen molar-refractivity contribution in [3.63, 3.8) is 0 Å². The fraction of sp³-hybridized carbons (Fsp3) is 0.214. The summed E-state index contributed by atoms with van der Waals surface area (Å²) >= 11 is 3.11. The third-order valence-corrected chi connectivity index (χ3v) is 5.73. The smallest absolute Gasteiger partial charge is 0.250 e. The number of aromatic nitrogens is 4. The minimum Gasteiger partial charge on any atom is -0.250 e. The van der Waals surface area contributed by atoms with Gasteiger partial charge in [-0.05, 0) is 34.1 Å². The molecule has 0 N–H and O–H groups in total. The summed E-state index contributed by atoms with van der Waals surface area (Å²) in [7, 11) is -3.77. The number of hydrogen-bond acceptors (Lipinski definition) is 5. The van der Waals surface area contributed by atoms with Crippen LogP contribution in [-0.2, 0) is 16.0 Å². The van der Waals surface area contributed by atoms with E-state index in [2.05, 4.69) is 26.0 Å². The van der Waals surface area contributed by atoms with Gasteiger partial charge in [-0.2, -0.15) is 17.9 Å². The molecule has 3 aromatic rings. The van der Waals surface area contributed by atoms with E-state index in [9.17, 15) is 26.4 Å². The normalized spacial score (nSPS) is 12.7. The lowest BCUT2D eigenvalue weighted by Gasteiger charge is -2.07. The molecule has 0 saturated carbocycles. The Labute approximate surface area is 153 Å². The van der Waals surface area contributed by atoms with Crippen LogP contribution >= 0.6 is 15.9 Å². The average molecular weight is 451 g/mol. The topological polar surface area (TPSA) is 86.3 Å². The van der Waals surface area contributed by atoms with Crippen molar-refractivity contribution >= 4 is 31.4 Å². The first-order valence-corrected chi connectivity index (χ1v) is 9.56. The molecule has 12 heteroatoms. The summed E-state index contributed by atoms with van der Waals surface area (Å²) in [4.78, 5) is 16.2. The predicted octanol–water partition coefficient (Wildman–Crippen LogP) is 2.46. The molecule has 3 aromatic heterocycles. The van der Waals surface area contributed by atoms with E-state index in [1.165, 1.54) is 19.2 Å². The van der Waals surface area contributed by atoms with Crippen molar-refractivity contribution < 1.29 is 21.6 Å². The fourth-order valence-electron chi connectivity index (χ4n) is 2.25. The van der Waals surface area contributed by atoms with Crippen LogP contribution in [0.5, 0.6) is 0 Å². The Morgan fingerprint density at radius 3 is 2.58 bits per heavy atom. The van der Waals surface area contributed by atoms with Gasteiger partial charge in [0.2, 0.25) is 0 Å². The molecule has 0 aliphatic heterocycles. The van der Waals surface area contributed by atoms with Gasteiger partial charge in [0, 0.05) is 16.9 Å². The Morgan fingerprint density at radius 1 is 1.27 bits per heavy atom. The van der Waals surface area contributed by atoms with E-state index in [-0.39, 0.29) is 22.1 Å². The molecule has 0 spiro atoms. The summed E-state index contributed by atoms with van der Waals surface area (Å²) in [6.45, 7) is 1.42. The van der Waals surface area contributed by atoms with Gasteiger partial charge >= 0.3 is 11.9 Å². The maximum Gasteiger partial charge on any atom is 0.416 e. The zero-order valence-electron chi connectivity index (χ0n) is 13.0. The molecular formula is C14H10BrF3N4O3S. The largest absolute Gasteiger partial charge is 0.416 e. The van der Waals surface area contributed by atoms with Crippen molar-refractivity contribution in [3.05, 3.63) is 51.1 Å². The van der Waals surface area contributed by atoms with Crippen LogP contribution in [0.15, 0.2) is 44.8 Å². The van der Waals surface area contributed by atoms with Gasteiger partial charge in [0.15, 0.2) is 21.3 Å². The van der Waals surface area contributed by atoms with Gasteiger partial charge in [0.1, 0.15) is 4.90 Å². The van der Waals surface area contributed by atoms with Crippen LogP contribution in [0.1, 0.15) is 12.5 Å². The van der Waals surface area contributed by atoms with Crippen molar-refractivity contribution in [2.75, 3.05) is 5.75 Å². The number of pyridine rings is 2. The number of fused-ring (bicyclic) bond motifs is 1. The standard InChI is InChI=1S/C14H10BrF3N4O3S/c1-2-26(24,25)10-6-9(15)7-19-12(10)22-13(23)21-4-3-8(14(16,17)18)5-11(21)20-22/h3-7H,2H2,1H3. The molecule has 3 rings (SSSR count). The van der Waals surface area contributed by atoms with Crippen LogP contribution in [0.3, 0.4) is 0 Å². The zero-order valence-corrected chi connectivity index (χ0v) is 15.4. The maximum absolute atomic E-state index is 12.8. The quantitative estimate of drug-likeness (QED) is 0.611. The molecule has 0 amide bonds. The van der Waals surface area contributed by atoms with Crippen molar-refractivity contribution in [2.24, 2.45) is 0 Å². The molecule has 0 fully saturated rings. The highest BCUT2D eigenvalue weighted by molar-refractivity contribution is 9.10. The molecule has 0 unspecified atom stereocenters. The summed E-state index contributed by atoms with van der Waals surface area (Å²) in [5.41, 5.74) is -2.10. The lowest BCUT2D eigenvalue weighted by atomic mass is 10.2. The molecule has 0 bridgehead atoms. The SMILES string of the molecule is CCS(=O)(=O)c1cc(Br)cnc1-n1nc2cc(C(F)(F)F)ccn2c1=O. The van der Waals surface area contributed by atoms with Crippen molar-refractivity contribution in [3.8, 4) is 5.82 Å². The van der Waals surface area contributed by atoms with E-state index in [0.717, 1.165) is 16.7 Å². The number of rotatable bonds is 3. The summed E-state index contributed by atoms with van der Waals surface area (Å²) < 4.78 is 65.0. The third-order valence-electron chi connectivity index (χ3n) is 3.57. The van der Waals surface area contributed by atoms with Gasteiger partial charge in [-0.3, -0.25) is 0 Å². The van der Waals surface area contributed by atoms with Crippen LogP contribution < -0.4 is 5.69 Å². The number of alkyl halides is 3. The van der Waals surface area contributed by atoms with E-state index in [0.29, 0.717) is 15.2 Å². The molecule has 0 saturated heterocycles. The molecule has 0 radical (unpaired) electrons. The summed E-state index contributed by atoms with van der Waals surface area (Å²) in [5, 5.41) is 3.82. The summed E-state index contributed by atoms with van der Waals surface area (Å²) in [6, 6.07) is 2.70. The number of halogens is 4. The number of sulfone groups is 1. The Balaban J connectivity index is 2.31. The Morgan fingerprint density at radius 2 is 1.96 bits per heavy atom. The van der Waals surface area contributed by atoms with Gasteiger partial charge in [0.05, 0.1) is 11.3 Å². The first-order chi connectivity index (χ1) is 12.0. The highest BCUT2D eigenvalue weighted by atomic mass is 79.9. The van der Waals surface area contributed by atoms with Crippen LogP contribution in [-0.4, -0.2) is 33.3 Å². The van der Waals surface area contributed by atoms with Crippen LogP contribution in [0.4, 0.5) is 13.2 Å². The molecular weight excluding hydrogens is 441 g/mol. The second-order valence-electron chi connectivity index (χ2n) is 5.21. The minimum atomic E-state index is -4.60. The number of hydrogen-bond donors (Lipinski definition) is 0. The molecule has 138 valence electrons. The first-order valence-electron chi connectivity index (χ1n) is 7.12. The molecule has 0 aliphatic rings. The van der Waals surface area contributed by atoms with Crippen LogP contribution in [0, 0.1) is 0 Å². The second kappa shape index (κ2) is 6.20. The number of nitrogens with zero attached hydrogens (tertiary/aromatic N) is 4. The van der Waals surface area contributed by atoms with E-state index >= 15 is 0 Å². The molecule has 0 aromatic carbocycles. The van der Waals surface area contributed by atoms with Crippen molar-refractivity contribution in [2.45, 2.75) is 18.0 Å². The first kappa shape index (κ1) is 18.6. The third kappa shape index (κ3) is 3.14. The van der Waals surface area contributed by atoms with Crippen molar-refractivity contribution in [1.29, 1.82) is 0 Å². The van der Waals surface area contributed by atoms with Gasteiger partial charge in [-0.25, -0.2) is 22.6 Å². The van der Waals surface area contributed by atoms with Gasteiger partial charge < -0.3 is 0 Å². The Hall–Kier alpha value is -2.21. The molecule has 0 aliphatic carbocycles. The molecule has 0 atom stereocenters. The predicted molar refractivity (Wildman–Crippen MR) is 89.0 cm³/mol. The molecule has 3 heterocycles. The Kier molecular flexibility index (Phi) is 4.43. The fourth-order valence-corrected chi connectivity index (χ4v) is 3.76. The average Bonchev–Trinajstić information content (AvgIpc) is 2.90. The van der Waals surface area contributed by atoms with Gasteiger partial charge in [-0.1, -0.05) is 6.92 Å². The lowest BCUT2D eigenvalue weighted by molar-refractivity contribution is -0.137. The monoisotopic (exact) mass is 450 g/mol. The Bertz CT molecular complexity index is 1170. The second-order valence-corrected chi connectivity index (χ2v) is 8.38.